The fourth-order valence-electron chi connectivity index (χ4n) is 1.99. The van der Waals surface area contributed by atoms with E-state index in [4.69, 9.17) is 17.3 Å². The molecule has 1 unspecified atom stereocenters. The quantitative estimate of drug-likeness (QED) is 0.815. The molecule has 102 valence electrons. The molecule has 5 heteroatoms. The zero-order valence-electron chi connectivity index (χ0n) is 10.8. The molecule has 0 aliphatic carbocycles. The van der Waals surface area contributed by atoms with Crippen molar-refractivity contribution in [3.8, 4) is 0 Å². The minimum atomic E-state index is 0.0949. The van der Waals surface area contributed by atoms with Crippen molar-refractivity contribution < 1.29 is 0 Å². The Bertz CT molecular complexity index is 560. The summed E-state index contributed by atoms with van der Waals surface area (Å²) in [6.45, 7) is 4.70. The van der Waals surface area contributed by atoms with E-state index >= 15 is 0 Å². The van der Waals surface area contributed by atoms with Gasteiger partial charge in [0, 0.05) is 27.0 Å². The van der Waals surface area contributed by atoms with Crippen LogP contribution < -0.4 is 11.1 Å². The maximum atomic E-state index is 5.97. The number of hydrogen-bond acceptors (Lipinski definition) is 3. The molecule has 1 aromatic heterocycles. The first-order valence-electron chi connectivity index (χ1n) is 5.98. The van der Waals surface area contributed by atoms with Crippen LogP contribution in [0.1, 0.15) is 22.0 Å². The number of nitrogens with two attached hydrogens (primary N) is 1. The van der Waals surface area contributed by atoms with Gasteiger partial charge in [0.1, 0.15) is 0 Å². The Morgan fingerprint density at radius 3 is 2.42 bits per heavy atom. The van der Waals surface area contributed by atoms with Gasteiger partial charge in [-0.1, -0.05) is 27.5 Å². The zero-order valence-corrected chi connectivity index (χ0v) is 14.0. The van der Waals surface area contributed by atoms with Crippen molar-refractivity contribution in [2.24, 2.45) is 5.73 Å². The number of benzene rings is 1. The Morgan fingerprint density at radius 1 is 1.32 bits per heavy atom. The van der Waals surface area contributed by atoms with E-state index in [0.717, 1.165) is 20.1 Å². The van der Waals surface area contributed by atoms with E-state index in [2.05, 4.69) is 47.2 Å². The number of halogens is 2. The summed E-state index contributed by atoms with van der Waals surface area (Å²) >= 11 is 11.2. The molecule has 0 spiro atoms. The summed E-state index contributed by atoms with van der Waals surface area (Å²) in [5.74, 6) is 0. The summed E-state index contributed by atoms with van der Waals surface area (Å²) in [6.07, 6.45) is 0. The van der Waals surface area contributed by atoms with Gasteiger partial charge >= 0.3 is 0 Å². The minimum Gasteiger partial charge on any atom is -0.376 e. The third-order valence-corrected chi connectivity index (χ3v) is 5.59. The average molecular weight is 360 g/mol. The van der Waals surface area contributed by atoms with Gasteiger partial charge in [-0.05, 0) is 43.2 Å². The van der Waals surface area contributed by atoms with Gasteiger partial charge in [0.25, 0.3) is 0 Å². The summed E-state index contributed by atoms with van der Waals surface area (Å²) < 4.78 is 1.15. The van der Waals surface area contributed by atoms with Crippen molar-refractivity contribution in [2.75, 3.05) is 11.9 Å². The molecule has 2 rings (SSSR count). The van der Waals surface area contributed by atoms with Crippen molar-refractivity contribution in [1.82, 2.24) is 0 Å². The molecule has 1 aromatic carbocycles. The molecule has 19 heavy (non-hydrogen) atoms. The minimum absolute atomic E-state index is 0.0949. The molecular formula is C14H16BrClN2S. The fourth-order valence-corrected chi connectivity index (χ4v) is 3.36. The monoisotopic (exact) mass is 358 g/mol. The van der Waals surface area contributed by atoms with Gasteiger partial charge in [-0.15, -0.1) is 11.3 Å². The highest BCUT2D eigenvalue weighted by atomic mass is 79.9. The number of anilines is 1. The van der Waals surface area contributed by atoms with Crippen molar-refractivity contribution in [3.63, 3.8) is 0 Å². The number of hydrogen-bond donors (Lipinski definition) is 2. The van der Waals surface area contributed by atoms with E-state index in [9.17, 15) is 0 Å². The summed E-state index contributed by atoms with van der Waals surface area (Å²) in [5.41, 5.74) is 9.36. The lowest BCUT2D eigenvalue weighted by molar-refractivity contribution is 0.805. The smallest absolute Gasteiger partial charge is 0.0729 e. The van der Waals surface area contributed by atoms with Gasteiger partial charge in [0.15, 0.2) is 0 Å². The van der Waals surface area contributed by atoms with Crippen molar-refractivity contribution >= 4 is 44.6 Å². The van der Waals surface area contributed by atoms with Crippen molar-refractivity contribution in [3.05, 3.63) is 49.1 Å². The van der Waals surface area contributed by atoms with Gasteiger partial charge in [-0.2, -0.15) is 0 Å². The van der Waals surface area contributed by atoms with Crippen LogP contribution in [0.4, 0.5) is 5.69 Å². The van der Waals surface area contributed by atoms with Gasteiger partial charge in [0.2, 0.25) is 0 Å². The van der Waals surface area contributed by atoms with Gasteiger partial charge in [-0.25, -0.2) is 0 Å². The Kier molecular flexibility index (Phi) is 4.90. The van der Waals surface area contributed by atoms with Crippen molar-refractivity contribution in [1.29, 1.82) is 0 Å². The highest BCUT2D eigenvalue weighted by Gasteiger charge is 2.13. The van der Waals surface area contributed by atoms with E-state index in [0.29, 0.717) is 6.54 Å². The molecule has 1 atom stereocenters. The maximum absolute atomic E-state index is 5.97. The van der Waals surface area contributed by atoms with Crippen LogP contribution in [0.2, 0.25) is 5.02 Å². The number of aryl methyl sites for hydroxylation is 2. The third-order valence-electron chi connectivity index (χ3n) is 2.94. The highest BCUT2D eigenvalue weighted by molar-refractivity contribution is 9.10. The van der Waals surface area contributed by atoms with E-state index in [-0.39, 0.29) is 6.04 Å². The van der Waals surface area contributed by atoms with Crippen LogP contribution in [0.5, 0.6) is 0 Å². The van der Waals surface area contributed by atoms with Crippen LogP contribution in [-0.2, 0) is 0 Å². The molecule has 0 saturated heterocycles. The van der Waals surface area contributed by atoms with E-state index in [1.807, 2.05) is 11.4 Å². The van der Waals surface area contributed by atoms with Gasteiger partial charge in [-0.3, -0.25) is 0 Å². The molecule has 0 radical (unpaired) electrons. The van der Waals surface area contributed by atoms with Crippen molar-refractivity contribution in [2.45, 2.75) is 19.9 Å². The van der Waals surface area contributed by atoms with Crippen LogP contribution in [0.3, 0.4) is 0 Å². The van der Waals surface area contributed by atoms with Crippen LogP contribution >= 0.6 is 38.9 Å². The molecule has 1 heterocycles. The van der Waals surface area contributed by atoms with Gasteiger partial charge in [0.05, 0.1) is 11.1 Å². The molecular weight excluding hydrogens is 344 g/mol. The van der Waals surface area contributed by atoms with E-state index < -0.39 is 0 Å². The average Bonchev–Trinajstić information content (AvgIpc) is 2.79. The second-order valence-electron chi connectivity index (χ2n) is 4.52. The van der Waals surface area contributed by atoms with E-state index in [1.54, 1.807) is 11.3 Å². The lowest BCUT2D eigenvalue weighted by atomic mass is 10.1. The molecule has 0 amide bonds. The molecule has 0 fully saturated rings. The first kappa shape index (κ1) is 14.9. The lowest BCUT2D eigenvalue weighted by Crippen LogP contribution is -2.19. The fraction of sp³-hybridized carbons (Fsp3) is 0.286. The summed E-state index contributed by atoms with van der Waals surface area (Å²) in [5, 5.41) is 6.17. The third kappa shape index (κ3) is 3.51. The van der Waals surface area contributed by atoms with Crippen LogP contribution in [0, 0.1) is 13.8 Å². The Hall–Kier alpha value is -0.550. The van der Waals surface area contributed by atoms with E-state index in [1.165, 1.54) is 11.1 Å². The second kappa shape index (κ2) is 6.27. The Morgan fingerprint density at radius 2 is 1.95 bits per heavy atom. The molecule has 3 N–H and O–H groups in total. The summed E-state index contributed by atoms with van der Waals surface area (Å²) in [4.78, 5) is 1.16. The Balaban J connectivity index is 2.23. The standard InChI is InChI=1S/C14H16BrClN2S/c1-8-3-11(4-9(2)14(8)15)18-12(6-17)13-5-10(16)7-19-13/h3-5,7,12,18H,6,17H2,1-2H3. The number of thiophene rings is 1. The SMILES string of the molecule is Cc1cc(NC(CN)c2cc(Cl)cs2)cc(C)c1Br. The molecule has 2 nitrogen and oxygen atoms in total. The lowest BCUT2D eigenvalue weighted by Gasteiger charge is -2.18. The zero-order chi connectivity index (χ0) is 14.0. The molecule has 0 aliphatic rings. The van der Waals surface area contributed by atoms with Crippen LogP contribution in [0.25, 0.3) is 0 Å². The second-order valence-corrected chi connectivity index (χ2v) is 6.70. The Labute approximate surface area is 131 Å². The molecule has 0 aliphatic heterocycles. The maximum Gasteiger partial charge on any atom is 0.0729 e. The predicted octanol–water partition coefficient (Wildman–Crippen LogP) is 4.89. The normalized spacial score (nSPS) is 12.5. The molecule has 0 bridgehead atoms. The number of nitrogens with one attached hydrogen (secondary N) is 1. The summed E-state index contributed by atoms with van der Waals surface area (Å²) in [7, 11) is 0. The topological polar surface area (TPSA) is 38.0 Å². The van der Waals surface area contributed by atoms with Gasteiger partial charge < -0.3 is 11.1 Å². The largest absolute Gasteiger partial charge is 0.376 e. The molecule has 2 aromatic rings. The first-order chi connectivity index (χ1) is 9.01. The summed E-state index contributed by atoms with van der Waals surface area (Å²) in [6, 6.07) is 6.30. The highest BCUT2D eigenvalue weighted by Crippen LogP contribution is 2.30. The predicted molar refractivity (Wildman–Crippen MR) is 88.4 cm³/mol. The van der Waals surface area contributed by atoms with Crippen LogP contribution in [-0.4, -0.2) is 6.54 Å². The number of rotatable bonds is 4. The van der Waals surface area contributed by atoms with Crippen LogP contribution in [0.15, 0.2) is 28.1 Å². The molecule has 0 saturated carbocycles. The first-order valence-corrected chi connectivity index (χ1v) is 8.03.